The zero-order valence-corrected chi connectivity index (χ0v) is 15.8. The third-order valence-electron chi connectivity index (χ3n) is 4.48. The molecule has 1 fully saturated rings. The summed E-state index contributed by atoms with van der Waals surface area (Å²) in [6.07, 6.45) is 1.36. The number of carbonyl (C=O) groups excluding carboxylic acids is 1. The molecule has 1 atom stereocenters. The van der Waals surface area contributed by atoms with E-state index in [4.69, 9.17) is 11.6 Å². The van der Waals surface area contributed by atoms with Gasteiger partial charge in [0.15, 0.2) is 0 Å². The summed E-state index contributed by atoms with van der Waals surface area (Å²) in [6, 6.07) is 15.2. The summed E-state index contributed by atoms with van der Waals surface area (Å²) >= 11 is 7.52. The van der Waals surface area contributed by atoms with E-state index in [9.17, 15) is 14.7 Å². The SMILES string of the molecule is O=C(O)[C@@H]1CCCN(C(=O)c2ccccc2SCc2ccc(Cl)cc2)C1. The molecule has 1 aliphatic rings. The quantitative estimate of drug-likeness (QED) is 0.761. The second-order valence-electron chi connectivity index (χ2n) is 6.34. The van der Waals surface area contributed by atoms with Crippen molar-refractivity contribution in [3.8, 4) is 0 Å². The zero-order valence-electron chi connectivity index (χ0n) is 14.2. The number of amides is 1. The third kappa shape index (κ3) is 4.59. The summed E-state index contributed by atoms with van der Waals surface area (Å²) in [6.45, 7) is 0.892. The number of aliphatic carboxylic acids is 1. The van der Waals surface area contributed by atoms with Crippen molar-refractivity contribution in [1.82, 2.24) is 4.90 Å². The van der Waals surface area contributed by atoms with Crippen molar-refractivity contribution in [3.05, 3.63) is 64.7 Å². The van der Waals surface area contributed by atoms with Crippen LogP contribution in [0.15, 0.2) is 53.4 Å². The normalized spacial score (nSPS) is 17.1. The maximum absolute atomic E-state index is 12.9. The Bertz CT molecular complexity index is 794. The first kappa shape index (κ1) is 18.8. The van der Waals surface area contributed by atoms with Crippen LogP contribution in [0.2, 0.25) is 5.02 Å². The number of hydrogen-bond acceptors (Lipinski definition) is 3. The van der Waals surface area contributed by atoms with Crippen molar-refractivity contribution in [1.29, 1.82) is 0 Å². The Labute approximate surface area is 162 Å². The standard InChI is InChI=1S/C20H20ClNO3S/c21-16-9-7-14(8-10-16)13-26-18-6-2-1-5-17(18)19(23)22-11-3-4-15(12-22)20(24)25/h1-2,5-10,15H,3-4,11-13H2,(H,24,25)/t15-/m1/s1. The van der Waals surface area contributed by atoms with E-state index in [-0.39, 0.29) is 12.5 Å². The fraction of sp³-hybridized carbons (Fsp3) is 0.300. The number of carboxylic acids is 1. The minimum atomic E-state index is -0.826. The van der Waals surface area contributed by atoms with Crippen LogP contribution in [0.4, 0.5) is 0 Å². The van der Waals surface area contributed by atoms with Gasteiger partial charge in [0.2, 0.25) is 0 Å². The monoisotopic (exact) mass is 389 g/mol. The molecule has 1 N–H and O–H groups in total. The van der Waals surface area contributed by atoms with Crippen molar-refractivity contribution in [2.75, 3.05) is 13.1 Å². The van der Waals surface area contributed by atoms with E-state index in [0.717, 1.165) is 22.6 Å². The summed E-state index contributed by atoms with van der Waals surface area (Å²) in [7, 11) is 0. The van der Waals surface area contributed by atoms with E-state index >= 15 is 0 Å². The highest BCUT2D eigenvalue weighted by atomic mass is 35.5. The van der Waals surface area contributed by atoms with Gasteiger partial charge in [0.25, 0.3) is 5.91 Å². The van der Waals surface area contributed by atoms with Crippen molar-refractivity contribution >= 4 is 35.2 Å². The highest BCUT2D eigenvalue weighted by Crippen LogP contribution is 2.29. The van der Waals surface area contributed by atoms with Gasteiger partial charge < -0.3 is 10.0 Å². The van der Waals surface area contributed by atoms with Gasteiger partial charge in [0.05, 0.1) is 11.5 Å². The predicted molar refractivity (Wildman–Crippen MR) is 104 cm³/mol. The minimum Gasteiger partial charge on any atom is -0.481 e. The van der Waals surface area contributed by atoms with Gasteiger partial charge in [-0.2, -0.15) is 0 Å². The molecule has 4 nitrogen and oxygen atoms in total. The van der Waals surface area contributed by atoms with Gasteiger partial charge in [-0.3, -0.25) is 9.59 Å². The maximum Gasteiger partial charge on any atom is 0.308 e. The average molecular weight is 390 g/mol. The molecule has 136 valence electrons. The Hall–Kier alpha value is -1.98. The fourth-order valence-electron chi connectivity index (χ4n) is 3.04. The third-order valence-corrected chi connectivity index (χ3v) is 5.88. The lowest BCUT2D eigenvalue weighted by Crippen LogP contribution is -2.42. The molecule has 2 aromatic rings. The molecule has 26 heavy (non-hydrogen) atoms. The Balaban J connectivity index is 1.72. The number of halogens is 1. The summed E-state index contributed by atoms with van der Waals surface area (Å²) < 4.78 is 0. The van der Waals surface area contributed by atoms with E-state index in [1.54, 1.807) is 16.7 Å². The minimum absolute atomic E-state index is 0.0878. The van der Waals surface area contributed by atoms with Crippen LogP contribution in [0.5, 0.6) is 0 Å². The predicted octanol–water partition coefficient (Wildman–Crippen LogP) is 4.57. The summed E-state index contributed by atoms with van der Waals surface area (Å²) in [5.41, 5.74) is 1.77. The second kappa shape index (κ2) is 8.60. The Morgan fingerprint density at radius 2 is 1.88 bits per heavy atom. The number of carbonyl (C=O) groups is 2. The van der Waals surface area contributed by atoms with Gasteiger partial charge >= 0.3 is 5.97 Å². The van der Waals surface area contributed by atoms with Crippen LogP contribution in [0.3, 0.4) is 0 Å². The largest absolute Gasteiger partial charge is 0.481 e. The number of benzene rings is 2. The molecule has 0 unspecified atom stereocenters. The molecule has 3 rings (SSSR count). The van der Waals surface area contributed by atoms with Crippen molar-refractivity contribution < 1.29 is 14.7 Å². The maximum atomic E-state index is 12.9. The molecule has 0 aromatic heterocycles. The van der Waals surface area contributed by atoms with Gasteiger partial charge in [-0.15, -0.1) is 11.8 Å². The first-order valence-corrected chi connectivity index (χ1v) is 9.89. The molecule has 0 aliphatic carbocycles. The van der Waals surface area contributed by atoms with Crippen LogP contribution in [0.25, 0.3) is 0 Å². The number of thioether (sulfide) groups is 1. The average Bonchev–Trinajstić information content (AvgIpc) is 2.67. The zero-order chi connectivity index (χ0) is 18.5. The molecule has 1 aliphatic heterocycles. The summed E-state index contributed by atoms with van der Waals surface area (Å²) in [5, 5.41) is 9.94. The molecule has 1 saturated heterocycles. The van der Waals surface area contributed by atoms with Gasteiger partial charge in [0.1, 0.15) is 0 Å². The van der Waals surface area contributed by atoms with E-state index in [1.165, 1.54) is 0 Å². The number of hydrogen-bond donors (Lipinski definition) is 1. The fourth-order valence-corrected chi connectivity index (χ4v) is 4.17. The van der Waals surface area contributed by atoms with Crippen LogP contribution in [0.1, 0.15) is 28.8 Å². The van der Waals surface area contributed by atoms with Crippen molar-refractivity contribution in [2.45, 2.75) is 23.5 Å². The molecular formula is C20H20ClNO3S. The van der Waals surface area contributed by atoms with Crippen LogP contribution in [0, 0.1) is 5.92 Å². The second-order valence-corrected chi connectivity index (χ2v) is 7.79. The number of rotatable bonds is 5. The Kier molecular flexibility index (Phi) is 6.22. The highest BCUT2D eigenvalue weighted by molar-refractivity contribution is 7.98. The Morgan fingerprint density at radius 1 is 1.15 bits per heavy atom. The number of nitrogens with zero attached hydrogens (tertiary/aromatic N) is 1. The molecule has 0 saturated carbocycles. The Morgan fingerprint density at radius 3 is 2.62 bits per heavy atom. The van der Waals surface area contributed by atoms with E-state index in [2.05, 4.69) is 0 Å². The van der Waals surface area contributed by atoms with Crippen LogP contribution < -0.4 is 0 Å². The molecule has 2 aromatic carbocycles. The van der Waals surface area contributed by atoms with Crippen molar-refractivity contribution in [2.24, 2.45) is 5.92 Å². The van der Waals surface area contributed by atoms with E-state index in [1.807, 2.05) is 48.5 Å². The molecular weight excluding hydrogens is 370 g/mol. The van der Waals surface area contributed by atoms with Crippen LogP contribution in [-0.2, 0) is 10.5 Å². The first-order chi connectivity index (χ1) is 12.5. The molecule has 0 radical (unpaired) electrons. The molecule has 1 amide bonds. The van der Waals surface area contributed by atoms with Crippen molar-refractivity contribution in [3.63, 3.8) is 0 Å². The van der Waals surface area contributed by atoms with Crippen LogP contribution >= 0.6 is 23.4 Å². The lowest BCUT2D eigenvalue weighted by Gasteiger charge is -2.31. The van der Waals surface area contributed by atoms with Gasteiger partial charge in [0, 0.05) is 28.8 Å². The van der Waals surface area contributed by atoms with Gasteiger partial charge in [-0.1, -0.05) is 35.9 Å². The van der Waals surface area contributed by atoms with E-state index < -0.39 is 11.9 Å². The van der Waals surface area contributed by atoms with Gasteiger partial charge in [-0.05, 0) is 42.7 Å². The summed E-state index contributed by atoms with van der Waals surface area (Å²) in [5.74, 6) is -0.649. The molecule has 0 spiro atoms. The smallest absolute Gasteiger partial charge is 0.308 e. The lowest BCUT2D eigenvalue weighted by molar-refractivity contribution is -0.143. The highest BCUT2D eigenvalue weighted by Gasteiger charge is 2.29. The lowest BCUT2D eigenvalue weighted by atomic mass is 9.97. The van der Waals surface area contributed by atoms with Gasteiger partial charge in [-0.25, -0.2) is 0 Å². The van der Waals surface area contributed by atoms with E-state index in [0.29, 0.717) is 23.6 Å². The molecule has 1 heterocycles. The first-order valence-electron chi connectivity index (χ1n) is 8.53. The molecule has 0 bridgehead atoms. The number of piperidine rings is 1. The topological polar surface area (TPSA) is 57.6 Å². The number of likely N-dealkylation sites (tertiary alicyclic amines) is 1. The molecule has 6 heteroatoms. The number of carboxylic acid groups (broad SMARTS) is 1. The van der Waals surface area contributed by atoms with Crippen LogP contribution in [-0.4, -0.2) is 35.0 Å². The summed E-state index contributed by atoms with van der Waals surface area (Å²) in [4.78, 5) is 26.8.